The average molecular weight is 356 g/mol. The van der Waals surface area contributed by atoms with Gasteiger partial charge in [-0.1, -0.05) is 6.92 Å². The lowest BCUT2D eigenvalue weighted by atomic mass is 10.1. The molecular formula is C9H10F10O3. The molecule has 0 spiro atoms. The second-order valence-corrected chi connectivity index (χ2v) is 3.56. The molecular weight excluding hydrogens is 346 g/mol. The number of rotatable bonds is 5. The molecule has 0 aliphatic carbocycles. The van der Waals surface area contributed by atoms with Crippen molar-refractivity contribution in [2.75, 3.05) is 7.11 Å². The highest BCUT2D eigenvalue weighted by Gasteiger charge is 2.67. The fraction of sp³-hybridized carbons (Fsp3) is 0.889. The molecule has 0 aromatic carbocycles. The molecule has 134 valence electrons. The zero-order valence-corrected chi connectivity index (χ0v) is 10.9. The van der Waals surface area contributed by atoms with Crippen molar-refractivity contribution in [3.05, 3.63) is 0 Å². The van der Waals surface area contributed by atoms with Crippen LogP contribution in [0.25, 0.3) is 0 Å². The van der Waals surface area contributed by atoms with Crippen LogP contribution in [0.4, 0.5) is 44.0 Å². The van der Waals surface area contributed by atoms with E-state index in [4.69, 9.17) is 0 Å². The molecule has 0 N–H and O–H groups in total. The molecule has 0 saturated carbocycles. The number of alkyl halides is 9. The van der Waals surface area contributed by atoms with Crippen molar-refractivity contribution in [2.45, 2.75) is 44.1 Å². The number of carbonyl (C=O) groups excluding carboxylic acids is 1. The topological polar surface area (TPSA) is 35.5 Å². The van der Waals surface area contributed by atoms with Crippen LogP contribution in [0.3, 0.4) is 0 Å². The van der Waals surface area contributed by atoms with Gasteiger partial charge in [0.15, 0.2) is 0 Å². The van der Waals surface area contributed by atoms with Crippen LogP contribution in [0, 0.1) is 0 Å². The van der Waals surface area contributed by atoms with E-state index in [1.54, 1.807) is 0 Å². The summed E-state index contributed by atoms with van der Waals surface area (Å²) >= 11 is 0. The van der Waals surface area contributed by atoms with E-state index >= 15 is 0 Å². The van der Waals surface area contributed by atoms with Crippen LogP contribution in [-0.4, -0.2) is 37.2 Å². The molecule has 0 aliphatic rings. The van der Waals surface area contributed by atoms with Crippen LogP contribution in [0.15, 0.2) is 0 Å². The maximum Gasteiger partial charge on any atom is 0.456 e. The van der Waals surface area contributed by atoms with Gasteiger partial charge in [0.25, 0.3) is 0 Å². The monoisotopic (exact) mass is 356 g/mol. The Morgan fingerprint density at radius 1 is 0.955 bits per heavy atom. The molecule has 0 fully saturated rings. The van der Waals surface area contributed by atoms with Gasteiger partial charge in [-0.05, 0) is 4.53 Å². The third kappa shape index (κ3) is 7.77. The molecule has 13 heteroatoms. The van der Waals surface area contributed by atoms with Gasteiger partial charge >= 0.3 is 24.3 Å². The van der Waals surface area contributed by atoms with Crippen LogP contribution in [0.5, 0.6) is 0 Å². The normalized spacial score (nSPS) is 15.6. The van der Waals surface area contributed by atoms with Gasteiger partial charge in [-0.15, -0.1) is 0 Å². The molecule has 0 aromatic rings. The second-order valence-electron chi connectivity index (χ2n) is 3.56. The minimum atomic E-state index is -6.23. The van der Waals surface area contributed by atoms with E-state index in [1.807, 2.05) is 0 Å². The quantitative estimate of drug-likeness (QED) is 0.690. The smallest absolute Gasteiger partial charge is 0.293 e. The number of hydrogen-bond donors (Lipinski definition) is 0. The van der Waals surface area contributed by atoms with Crippen LogP contribution >= 0.6 is 0 Å². The van der Waals surface area contributed by atoms with Crippen molar-refractivity contribution in [3.8, 4) is 0 Å². The Morgan fingerprint density at radius 2 is 1.32 bits per heavy atom. The third-order valence-corrected chi connectivity index (χ3v) is 1.74. The second kappa shape index (κ2) is 7.94. The van der Waals surface area contributed by atoms with Gasteiger partial charge in [0.05, 0.1) is 7.11 Å². The average Bonchev–Trinajstić information content (AvgIpc) is 2.23. The minimum absolute atomic E-state index is 0.702. The molecule has 0 aromatic heterocycles. The molecule has 1 atom stereocenters. The summed E-state index contributed by atoms with van der Waals surface area (Å²) in [5, 5.41) is 0. The lowest BCUT2D eigenvalue weighted by molar-refractivity contribution is -0.406. The van der Waals surface area contributed by atoms with Gasteiger partial charge in [0, 0.05) is 6.42 Å². The van der Waals surface area contributed by atoms with Crippen LogP contribution in [0.2, 0.25) is 0 Å². The Kier molecular flexibility index (Phi) is 8.36. The van der Waals surface area contributed by atoms with Crippen molar-refractivity contribution >= 4 is 5.78 Å². The summed E-state index contributed by atoms with van der Waals surface area (Å²) in [5.41, 5.74) is 0. The number of ketones is 1. The van der Waals surface area contributed by atoms with E-state index in [0.29, 0.717) is 6.92 Å². The van der Waals surface area contributed by atoms with E-state index in [1.165, 1.54) is 0 Å². The number of carbonyl (C=O) groups is 1. The molecule has 0 heterocycles. The van der Waals surface area contributed by atoms with Gasteiger partial charge in [0.2, 0.25) is 5.78 Å². The van der Waals surface area contributed by atoms with Crippen molar-refractivity contribution in [3.63, 3.8) is 0 Å². The highest BCUT2D eigenvalue weighted by atomic mass is 19.4. The largest absolute Gasteiger partial charge is 0.456 e. The van der Waals surface area contributed by atoms with Gasteiger partial charge in [-0.2, -0.15) is 44.5 Å². The van der Waals surface area contributed by atoms with Gasteiger partial charge in [-0.25, -0.2) is 0 Å². The molecule has 0 radical (unpaired) electrons. The lowest BCUT2D eigenvalue weighted by Crippen LogP contribution is -2.54. The zero-order valence-electron chi connectivity index (χ0n) is 10.9. The molecule has 0 saturated heterocycles. The Balaban J connectivity index is 0. The van der Waals surface area contributed by atoms with Crippen LogP contribution in [-0.2, 0) is 14.5 Å². The molecule has 0 aliphatic heterocycles. The van der Waals surface area contributed by atoms with Gasteiger partial charge in [-0.3, -0.25) is 9.53 Å². The summed E-state index contributed by atoms with van der Waals surface area (Å²) in [6.45, 7) is 0.702. The number of hydrogen-bond acceptors (Lipinski definition) is 3. The van der Waals surface area contributed by atoms with Gasteiger partial charge < -0.3 is 0 Å². The Bertz CT molecular complexity index is 351. The number of halogens is 10. The van der Waals surface area contributed by atoms with Gasteiger partial charge in [0.1, 0.15) is 6.42 Å². The third-order valence-electron chi connectivity index (χ3n) is 1.74. The highest BCUT2D eigenvalue weighted by molar-refractivity contribution is 5.86. The van der Waals surface area contributed by atoms with E-state index in [9.17, 15) is 48.8 Å². The van der Waals surface area contributed by atoms with Crippen LogP contribution < -0.4 is 0 Å². The summed E-state index contributed by atoms with van der Waals surface area (Å²) in [7, 11) is 0.958. The predicted octanol–water partition coefficient (Wildman–Crippen LogP) is 4.27. The first-order valence-electron chi connectivity index (χ1n) is 5.14. The Morgan fingerprint density at radius 3 is 1.55 bits per heavy atom. The van der Waals surface area contributed by atoms with E-state index in [2.05, 4.69) is 9.68 Å². The van der Waals surface area contributed by atoms with E-state index < -0.39 is 42.9 Å². The molecule has 0 bridgehead atoms. The van der Waals surface area contributed by atoms with Crippen molar-refractivity contribution in [1.82, 2.24) is 0 Å². The van der Waals surface area contributed by atoms with Crippen molar-refractivity contribution < 1.29 is 58.5 Å². The number of Topliss-reactive ketones (excluding diaryl/α,β-unsaturated/α-hetero) is 1. The maximum atomic E-state index is 13.2. The summed E-state index contributed by atoms with van der Waals surface area (Å²) in [6.07, 6.45) is -21.7. The summed E-state index contributed by atoms with van der Waals surface area (Å²) < 4.78 is 122. The first-order chi connectivity index (χ1) is 9.56. The molecule has 0 rings (SSSR count). The first kappa shape index (κ1) is 23.2. The van der Waals surface area contributed by atoms with Crippen LogP contribution in [0.1, 0.15) is 19.8 Å². The van der Waals surface area contributed by atoms with E-state index in [-0.39, 0.29) is 0 Å². The summed E-state index contributed by atoms with van der Waals surface area (Å²) in [4.78, 5) is 13.4. The Hall–Kier alpha value is -1.11. The fourth-order valence-electron chi connectivity index (χ4n) is 0.975. The fourth-order valence-corrected chi connectivity index (χ4v) is 0.975. The molecule has 0 amide bonds. The SMILES string of the molecule is CCC(=O)C(F)(OC(F)(F)CC(F)(F)F)C(F)(F)F.COF. The molecule has 1 unspecified atom stereocenters. The minimum Gasteiger partial charge on any atom is -0.293 e. The standard InChI is InChI=1S/C8H7F9O2.CH3FO/c1-2-4(18)7(14,8(15,16)17)19-6(12,13)3-5(9,10)11;1-3-2/h2-3H2,1H3;1H3. The molecule has 3 nitrogen and oxygen atoms in total. The first-order valence-corrected chi connectivity index (χ1v) is 5.14. The van der Waals surface area contributed by atoms with Crippen molar-refractivity contribution in [1.29, 1.82) is 0 Å². The number of ether oxygens (including phenoxy) is 1. The maximum absolute atomic E-state index is 13.2. The molecule has 22 heavy (non-hydrogen) atoms. The lowest BCUT2D eigenvalue weighted by Gasteiger charge is -2.30. The summed E-state index contributed by atoms with van der Waals surface area (Å²) in [5.74, 6) is -7.95. The highest BCUT2D eigenvalue weighted by Crippen LogP contribution is 2.43. The zero-order chi connectivity index (χ0) is 18.4. The Labute approximate surface area is 117 Å². The predicted molar refractivity (Wildman–Crippen MR) is 50.0 cm³/mol. The van der Waals surface area contributed by atoms with E-state index in [0.717, 1.165) is 7.11 Å². The summed E-state index contributed by atoms with van der Waals surface area (Å²) in [6, 6.07) is 0. The van der Waals surface area contributed by atoms with Crippen molar-refractivity contribution in [2.24, 2.45) is 0 Å².